The van der Waals surface area contributed by atoms with Crippen LogP contribution in [0.4, 0.5) is 13.2 Å². The van der Waals surface area contributed by atoms with E-state index in [1.54, 1.807) is 0 Å². The molecule has 1 unspecified atom stereocenters. The first-order valence-corrected chi connectivity index (χ1v) is 5.48. The molecule has 0 radical (unpaired) electrons. The molecule has 0 saturated heterocycles. The van der Waals surface area contributed by atoms with Gasteiger partial charge in [-0.15, -0.1) is 11.6 Å². The topological polar surface area (TPSA) is 80.7 Å². The molecule has 0 aliphatic rings. The highest BCUT2D eigenvalue weighted by Crippen LogP contribution is 2.24. The highest BCUT2D eigenvalue weighted by Gasteiger charge is 2.45. The van der Waals surface area contributed by atoms with E-state index in [9.17, 15) is 26.4 Å². The van der Waals surface area contributed by atoms with Gasteiger partial charge in [0.05, 0.1) is 0 Å². The van der Waals surface area contributed by atoms with E-state index in [2.05, 4.69) is 4.74 Å². The van der Waals surface area contributed by atoms with Crippen molar-refractivity contribution in [2.75, 3.05) is 11.6 Å². The molecule has 0 aromatic heterocycles. The van der Waals surface area contributed by atoms with Crippen LogP contribution in [-0.4, -0.2) is 42.9 Å². The van der Waals surface area contributed by atoms with Gasteiger partial charge in [-0.05, 0) is 0 Å². The number of carbonyl (C=O) groups is 1. The monoisotopic (exact) mass is 270 g/mol. The van der Waals surface area contributed by atoms with Crippen LogP contribution >= 0.6 is 11.6 Å². The number of alkyl halides is 4. The normalized spacial score (nSPS) is 14.7. The van der Waals surface area contributed by atoms with E-state index in [1.165, 1.54) is 0 Å². The zero-order valence-corrected chi connectivity index (χ0v) is 8.56. The number of hydrogen-bond acceptors (Lipinski definition) is 4. The van der Waals surface area contributed by atoms with Crippen molar-refractivity contribution in [3.63, 3.8) is 0 Å². The third-order valence-corrected chi connectivity index (χ3v) is 2.05. The van der Waals surface area contributed by atoms with Crippen LogP contribution in [0.2, 0.25) is 0 Å². The van der Waals surface area contributed by atoms with E-state index in [0.29, 0.717) is 0 Å². The number of hydrogen-bond donors (Lipinski definition) is 1. The van der Waals surface area contributed by atoms with E-state index >= 15 is 0 Å². The third kappa shape index (κ3) is 6.52. The summed E-state index contributed by atoms with van der Waals surface area (Å²) in [7, 11) is -4.90. The van der Waals surface area contributed by atoms with Crippen LogP contribution in [0.15, 0.2) is 0 Å². The predicted octanol–water partition coefficient (Wildman–Crippen LogP) is 0.587. The van der Waals surface area contributed by atoms with E-state index in [-0.39, 0.29) is 0 Å². The van der Waals surface area contributed by atoms with Crippen molar-refractivity contribution in [3.05, 3.63) is 0 Å². The molecule has 0 heterocycles. The fourth-order valence-electron chi connectivity index (χ4n) is 0.577. The molecule has 0 aromatic carbocycles. The van der Waals surface area contributed by atoms with Crippen molar-refractivity contribution in [2.45, 2.75) is 12.3 Å². The average molecular weight is 271 g/mol. The summed E-state index contributed by atoms with van der Waals surface area (Å²) in [6, 6.07) is 0. The Hall–Kier alpha value is -0.540. The molecule has 15 heavy (non-hydrogen) atoms. The molecule has 0 aliphatic heterocycles. The van der Waals surface area contributed by atoms with Crippen molar-refractivity contribution in [2.24, 2.45) is 0 Å². The summed E-state index contributed by atoms with van der Waals surface area (Å²) in [6.07, 6.45) is -8.00. The van der Waals surface area contributed by atoms with E-state index in [0.717, 1.165) is 0 Å². The number of rotatable bonds is 4. The summed E-state index contributed by atoms with van der Waals surface area (Å²) in [5, 5.41) is 0. The third-order valence-electron chi connectivity index (χ3n) is 1.11. The quantitative estimate of drug-likeness (QED) is 0.459. The lowest BCUT2D eigenvalue weighted by molar-refractivity contribution is -0.213. The van der Waals surface area contributed by atoms with E-state index in [1.807, 2.05) is 0 Å². The highest BCUT2D eigenvalue weighted by molar-refractivity contribution is 7.85. The van der Waals surface area contributed by atoms with Crippen LogP contribution < -0.4 is 0 Å². The Morgan fingerprint density at radius 2 is 1.93 bits per heavy atom. The Morgan fingerprint density at radius 3 is 2.20 bits per heavy atom. The Kier molecular flexibility index (Phi) is 4.81. The first-order chi connectivity index (χ1) is 6.56. The molecule has 0 spiro atoms. The summed E-state index contributed by atoms with van der Waals surface area (Å²) in [4.78, 5) is 10.4. The molecule has 0 rings (SSSR count). The molecular weight excluding hydrogens is 265 g/mol. The van der Waals surface area contributed by atoms with Gasteiger partial charge in [-0.2, -0.15) is 21.6 Å². The van der Waals surface area contributed by atoms with Crippen LogP contribution in [-0.2, 0) is 19.6 Å². The molecule has 0 bridgehead atoms. The standard InChI is InChI=1S/C5H6ClF3O5S/c6-1-4(10)14-3(5(7,8)9)2-15(11,12)13/h3H,1-2H2,(H,11,12,13). The molecule has 0 aromatic rings. The molecule has 1 atom stereocenters. The maximum atomic E-state index is 12.1. The van der Waals surface area contributed by atoms with Crippen molar-refractivity contribution >= 4 is 27.7 Å². The van der Waals surface area contributed by atoms with E-state index in [4.69, 9.17) is 16.2 Å². The molecule has 0 saturated carbocycles. The summed E-state index contributed by atoms with van der Waals surface area (Å²) >= 11 is 4.86. The second-order valence-electron chi connectivity index (χ2n) is 2.40. The van der Waals surface area contributed by atoms with Crippen LogP contribution in [0.1, 0.15) is 0 Å². The van der Waals surface area contributed by atoms with Crippen LogP contribution in [0.25, 0.3) is 0 Å². The molecular formula is C5H6ClF3O5S. The van der Waals surface area contributed by atoms with Gasteiger partial charge in [0.1, 0.15) is 11.6 Å². The highest BCUT2D eigenvalue weighted by atomic mass is 35.5. The fourth-order valence-corrected chi connectivity index (χ4v) is 1.28. The predicted molar refractivity (Wildman–Crippen MR) is 43.1 cm³/mol. The second kappa shape index (κ2) is 4.99. The first kappa shape index (κ1) is 14.5. The van der Waals surface area contributed by atoms with E-state index < -0.39 is 40.0 Å². The van der Waals surface area contributed by atoms with Crippen molar-refractivity contribution < 1.29 is 35.7 Å². The lowest BCUT2D eigenvalue weighted by Gasteiger charge is -2.18. The lowest BCUT2D eigenvalue weighted by Crippen LogP contribution is -2.39. The van der Waals surface area contributed by atoms with Crippen molar-refractivity contribution in [1.82, 2.24) is 0 Å². The Morgan fingerprint density at radius 1 is 1.47 bits per heavy atom. The number of carbonyl (C=O) groups excluding carboxylic acids is 1. The largest absolute Gasteiger partial charge is 0.451 e. The first-order valence-electron chi connectivity index (χ1n) is 3.33. The van der Waals surface area contributed by atoms with Gasteiger partial charge in [0.25, 0.3) is 10.1 Å². The molecule has 0 amide bonds. The maximum absolute atomic E-state index is 12.1. The zero-order chi connectivity index (χ0) is 12.3. The van der Waals surface area contributed by atoms with Crippen LogP contribution in [0.5, 0.6) is 0 Å². The summed E-state index contributed by atoms with van der Waals surface area (Å²) < 4.78 is 68.4. The maximum Gasteiger partial charge on any atom is 0.426 e. The van der Waals surface area contributed by atoms with Crippen LogP contribution in [0, 0.1) is 0 Å². The summed E-state index contributed by atoms with van der Waals surface area (Å²) in [5.74, 6) is -4.03. The zero-order valence-electron chi connectivity index (χ0n) is 6.99. The molecule has 0 aliphatic carbocycles. The molecule has 0 fully saturated rings. The van der Waals surface area contributed by atoms with Gasteiger partial charge in [0.2, 0.25) is 6.10 Å². The van der Waals surface area contributed by atoms with Gasteiger partial charge in [0, 0.05) is 0 Å². The summed E-state index contributed by atoms with van der Waals surface area (Å²) in [6.45, 7) is 0. The number of halogens is 4. The minimum Gasteiger partial charge on any atom is -0.451 e. The molecule has 5 nitrogen and oxygen atoms in total. The molecule has 10 heteroatoms. The average Bonchev–Trinajstić information content (AvgIpc) is 1.98. The number of ether oxygens (including phenoxy) is 1. The van der Waals surface area contributed by atoms with Crippen molar-refractivity contribution in [3.8, 4) is 0 Å². The Balaban J connectivity index is 4.69. The van der Waals surface area contributed by atoms with Gasteiger partial charge in [-0.1, -0.05) is 0 Å². The molecule has 90 valence electrons. The summed E-state index contributed by atoms with van der Waals surface area (Å²) in [5.41, 5.74) is 0. The lowest BCUT2D eigenvalue weighted by atomic mass is 10.4. The minimum atomic E-state index is -5.09. The molecule has 1 N–H and O–H groups in total. The van der Waals surface area contributed by atoms with Crippen molar-refractivity contribution in [1.29, 1.82) is 0 Å². The van der Waals surface area contributed by atoms with Gasteiger partial charge >= 0.3 is 12.1 Å². The SMILES string of the molecule is O=C(CCl)OC(CS(=O)(=O)O)C(F)(F)F. The van der Waals surface area contributed by atoms with Crippen LogP contribution in [0.3, 0.4) is 0 Å². The fraction of sp³-hybridized carbons (Fsp3) is 0.800. The number of esters is 1. The smallest absolute Gasteiger partial charge is 0.426 e. The van der Waals surface area contributed by atoms with Gasteiger partial charge < -0.3 is 4.74 Å². The second-order valence-corrected chi connectivity index (χ2v) is 4.17. The van der Waals surface area contributed by atoms with Gasteiger partial charge in [-0.3, -0.25) is 9.35 Å². The minimum absolute atomic E-state index is 0.849. The van der Waals surface area contributed by atoms with Gasteiger partial charge in [-0.25, -0.2) is 0 Å². The Labute approximate surface area is 87.9 Å². The Bertz CT molecular complexity index is 324. The van der Waals surface area contributed by atoms with Gasteiger partial charge in [0.15, 0.2) is 0 Å².